The zero-order valence-electron chi connectivity index (χ0n) is 19.2. The Kier molecular flexibility index (Phi) is 8.58. The van der Waals surface area contributed by atoms with Gasteiger partial charge in [-0.15, -0.1) is 13.2 Å². The molecule has 0 aliphatic heterocycles. The standard InChI is InChI=1S/C22H26F3N5O5/c1-26-19-18(20(32)27-9-4-10-31)30(13-14-7-8-17(33-2)28-12-14)21(29-19)34-15-5-3-6-16(11-15)35-22(23,24)25/h5,7-8,11-12,26,31H,3-4,6,9-10,13H2,1-2H3,(H,27,32). The number of aliphatic hydroxyl groups is 1. The van der Waals surface area contributed by atoms with E-state index in [1.165, 1.54) is 11.7 Å². The summed E-state index contributed by atoms with van der Waals surface area (Å²) in [6.07, 6.45) is 0.201. The van der Waals surface area contributed by atoms with Crippen LogP contribution in [0.4, 0.5) is 19.0 Å². The van der Waals surface area contributed by atoms with Gasteiger partial charge in [-0.25, -0.2) is 4.98 Å². The fourth-order valence-electron chi connectivity index (χ4n) is 3.29. The van der Waals surface area contributed by atoms with Crippen molar-refractivity contribution >= 4 is 11.7 Å². The number of aliphatic hydroxyl groups excluding tert-OH is 1. The van der Waals surface area contributed by atoms with Gasteiger partial charge in [0.15, 0.2) is 11.5 Å². The van der Waals surface area contributed by atoms with Crippen LogP contribution in [0.1, 0.15) is 35.3 Å². The topological polar surface area (TPSA) is 120 Å². The molecule has 0 saturated carbocycles. The molecule has 2 aromatic rings. The normalized spacial score (nSPS) is 13.5. The van der Waals surface area contributed by atoms with E-state index in [4.69, 9.17) is 14.6 Å². The average Bonchev–Trinajstić information content (AvgIpc) is 3.15. The SMILES string of the molecule is CNc1nc(OC2=CCCC(OC(F)(F)F)=C2)n(Cc2ccc(OC)nc2)c1C(=O)NCCCO. The molecule has 0 saturated heterocycles. The molecule has 3 rings (SSSR count). The number of amides is 1. The molecule has 13 heteroatoms. The lowest BCUT2D eigenvalue weighted by atomic mass is 10.1. The smallest absolute Gasteiger partial charge is 0.481 e. The average molecular weight is 497 g/mol. The van der Waals surface area contributed by atoms with Crippen LogP contribution in [-0.2, 0) is 11.3 Å². The van der Waals surface area contributed by atoms with Crippen molar-refractivity contribution in [3.05, 3.63) is 53.3 Å². The lowest BCUT2D eigenvalue weighted by molar-refractivity contribution is -0.306. The first-order chi connectivity index (χ1) is 16.7. The Morgan fingerprint density at radius 3 is 2.74 bits per heavy atom. The van der Waals surface area contributed by atoms with E-state index in [2.05, 4.69) is 25.3 Å². The largest absolute Gasteiger partial charge is 0.572 e. The fraction of sp³-hybridized carbons (Fsp3) is 0.409. The van der Waals surface area contributed by atoms with E-state index in [1.54, 1.807) is 31.5 Å². The molecule has 2 heterocycles. The van der Waals surface area contributed by atoms with Gasteiger partial charge in [0.1, 0.15) is 11.5 Å². The summed E-state index contributed by atoms with van der Waals surface area (Å²) in [4.78, 5) is 21.5. The van der Waals surface area contributed by atoms with Crippen molar-refractivity contribution in [1.29, 1.82) is 0 Å². The summed E-state index contributed by atoms with van der Waals surface area (Å²) in [5, 5.41) is 14.6. The van der Waals surface area contributed by atoms with Crippen LogP contribution in [0.15, 0.2) is 42.0 Å². The molecule has 0 bridgehead atoms. The maximum atomic E-state index is 13.0. The van der Waals surface area contributed by atoms with Gasteiger partial charge in [-0.3, -0.25) is 9.36 Å². The number of aromatic nitrogens is 3. The second-order valence-electron chi connectivity index (χ2n) is 7.38. The number of hydrogen-bond acceptors (Lipinski definition) is 8. The van der Waals surface area contributed by atoms with E-state index in [1.807, 2.05) is 0 Å². The number of hydrogen-bond donors (Lipinski definition) is 3. The Morgan fingerprint density at radius 2 is 2.11 bits per heavy atom. The molecule has 0 fully saturated rings. The molecule has 1 aliphatic rings. The van der Waals surface area contributed by atoms with Gasteiger partial charge < -0.3 is 30.0 Å². The molecule has 0 atom stereocenters. The van der Waals surface area contributed by atoms with Crippen LogP contribution in [0.2, 0.25) is 0 Å². The number of anilines is 1. The lowest BCUT2D eigenvalue weighted by Gasteiger charge is -2.17. The number of nitrogens with one attached hydrogen (secondary N) is 2. The first kappa shape index (κ1) is 25.9. The third-order valence-corrected chi connectivity index (χ3v) is 4.85. The molecule has 35 heavy (non-hydrogen) atoms. The van der Waals surface area contributed by atoms with Gasteiger partial charge >= 0.3 is 12.4 Å². The Bertz CT molecular complexity index is 1080. The predicted molar refractivity (Wildman–Crippen MR) is 119 cm³/mol. The summed E-state index contributed by atoms with van der Waals surface area (Å²) in [6.45, 7) is 0.260. The highest BCUT2D eigenvalue weighted by molar-refractivity contribution is 5.97. The lowest BCUT2D eigenvalue weighted by Crippen LogP contribution is -2.28. The van der Waals surface area contributed by atoms with Crippen molar-refractivity contribution in [3.8, 4) is 11.9 Å². The number of methoxy groups -OCH3 is 1. The van der Waals surface area contributed by atoms with E-state index < -0.39 is 12.3 Å². The molecule has 0 spiro atoms. The molecule has 1 aliphatic carbocycles. The Morgan fingerprint density at radius 1 is 1.31 bits per heavy atom. The number of halogens is 3. The van der Waals surface area contributed by atoms with E-state index in [0.29, 0.717) is 17.9 Å². The number of carbonyl (C=O) groups is 1. The van der Waals surface area contributed by atoms with Gasteiger partial charge in [-0.05, 0) is 24.5 Å². The molecule has 190 valence electrons. The predicted octanol–water partition coefficient (Wildman–Crippen LogP) is 2.97. The highest BCUT2D eigenvalue weighted by atomic mass is 19.4. The van der Waals surface area contributed by atoms with Crippen molar-refractivity contribution in [2.45, 2.75) is 32.2 Å². The van der Waals surface area contributed by atoms with Crippen molar-refractivity contribution in [3.63, 3.8) is 0 Å². The first-order valence-electron chi connectivity index (χ1n) is 10.7. The summed E-state index contributed by atoms with van der Waals surface area (Å²) in [7, 11) is 3.06. The van der Waals surface area contributed by atoms with Gasteiger partial charge in [0.25, 0.3) is 5.91 Å². The second kappa shape index (κ2) is 11.6. The number of nitrogens with zero attached hydrogens (tertiary/aromatic N) is 3. The fourth-order valence-corrected chi connectivity index (χ4v) is 3.29. The number of pyridine rings is 1. The Labute approximate surface area is 199 Å². The zero-order chi connectivity index (χ0) is 25.4. The van der Waals surface area contributed by atoms with Crippen molar-refractivity contribution in [2.75, 3.05) is 32.6 Å². The molecule has 0 radical (unpaired) electrons. The van der Waals surface area contributed by atoms with Gasteiger partial charge in [0, 0.05) is 45.0 Å². The Balaban J connectivity index is 1.96. The number of alkyl halides is 3. The summed E-state index contributed by atoms with van der Waals surface area (Å²) in [5.74, 6) is -0.0489. The maximum absolute atomic E-state index is 13.0. The third kappa shape index (κ3) is 7.12. The van der Waals surface area contributed by atoms with Crippen LogP contribution in [-0.4, -0.2) is 59.2 Å². The van der Waals surface area contributed by atoms with Crippen LogP contribution >= 0.6 is 0 Å². The van der Waals surface area contributed by atoms with Gasteiger partial charge in [0.05, 0.1) is 13.7 Å². The van der Waals surface area contributed by atoms with Crippen LogP contribution in [0.25, 0.3) is 0 Å². The number of ether oxygens (including phenoxy) is 3. The maximum Gasteiger partial charge on any atom is 0.572 e. The molecule has 1 amide bonds. The number of rotatable bonds is 11. The minimum Gasteiger partial charge on any atom is -0.481 e. The molecule has 2 aromatic heterocycles. The van der Waals surface area contributed by atoms with Crippen molar-refractivity contribution in [1.82, 2.24) is 19.9 Å². The summed E-state index contributed by atoms with van der Waals surface area (Å²) in [5.41, 5.74) is 0.831. The second-order valence-corrected chi connectivity index (χ2v) is 7.38. The van der Waals surface area contributed by atoms with Crippen molar-refractivity contribution < 1.29 is 37.3 Å². The third-order valence-electron chi connectivity index (χ3n) is 4.85. The molecule has 0 unspecified atom stereocenters. The minimum atomic E-state index is -4.81. The molecule has 10 nitrogen and oxygen atoms in total. The quantitative estimate of drug-likeness (QED) is 0.406. The van der Waals surface area contributed by atoms with Crippen LogP contribution in [0.3, 0.4) is 0 Å². The highest BCUT2D eigenvalue weighted by Crippen LogP contribution is 2.30. The van der Waals surface area contributed by atoms with Crippen molar-refractivity contribution in [2.24, 2.45) is 0 Å². The monoisotopic (exact) mass is 497 g/mol. The number of imidazole rings is 1. The molecular weight excluding hydrogens is 471 g/mol. The van der Waals surface area contributed by atoms with E-state index in [-0.39, 0.29) is 61.6 Å². The first-order valence-corrected chi connectivity index (χ1v) is 10.7. The van der Waals surface area contributed by atoms with Gasteiger partial charge in [-0.1, -0.05) is 6.07 Å². The van der Waals surface area contributed by atoms with Crippen LogP contribution < -0.4 is 20.1 Å². The van der Waals surface area contributed by atoms with E-state index >= 15 is 0 Å². The van der Waals surface area contributed by atoms with Gasteiger partial charge in [0.2, 0.25) is 5.88 Å². The summed E-state index contributed by atoms with van der Waals surface area (Å²) >= 11 is 0. The minimum absolute atomic E-state index is 0.0202. The Hall–Kier alpha value is -3.74. The van der Waals surface area contributed by atoms with E-state index in [9.17, 15) is 18.0 Å². The van der Waals surface area contributed by atoms with Gasteiger partial charge in [-0.2, -0.15) is 4.98 Å². The number of allylic oxidation sites excluding steroid dienone is 3. The van der Waals surface area contributed by atoms with E-state index in [0.717, 1.165) is 6.08 Å². The van der Waals surface area contributed by atoms with Crippen LogP contribution in [0, 0.1) is 0 Å². The molecular formula is C22H26F3N5O5. The van der Waals surface area contributed by atoms with Crippen LogP contribution in [0.5, 0.6) is 11.9 Å². The number of carbonyl (C=O) groups excluding carboxylic acids is 1. The highest BCUT2D eigenvalue weighted by Gasteiger charge is 2.33. The molecule has 3 N–H and O–H groups in total. The zero-order valence-corrected chi connectivity index (χ0v) is 19.2. The molecule has 0 aromatic carbocycles. The summed E-state index contributed by atoms with van der Waals surface area (Å²) in [6, 6.07) is 3.38. The summed E-state index contributed by atoms with van der Waals surface area (Å²) < 4.78 is 54.4.